The summed E-state index contributed by atoms with van der Waals surface area (Å²) in [7, 11) is 0. The van der Waals surface area contributed by atoms with Gasteiger partial charge in [0.25, 0.3) is 5.91 Å². The third-order valence-electron chi connectivity index (χ3n) is 2.98. The van der Waals surface area contributed by atoms with Crippen molar-refractivity contribution >= 4 is 84.7 Å². The molecule has 0 atom stereocenters. The molecule has 0 saturated heterocycles. The lowest BCUT2D eigenvalue weighted by molar-refractivity contribution is 0.0978. The van der Waals surface area contributed by atoms with Crippen molar-refractivity contribution in [1.29, 1.82) is 0 Å². The smallest absolute Gasteiger partial charge is 0.257 e. The molecule has 4 nitrogen and oxygen atoms in total. The number of aromatic nitrogens is 1. The lowest BCUT2D eigenvalue weighted by Crippen LogP contribution is -2.34. The van der Waals surface area contributed by atoms with E-state index in [4.69, 9.17) is 47.0 Å². The van der Waals surface area contributed by atoms with E-state index in [9.17, 15) is 4.79 Å². The normalized spacial score (nSPS) is 10.6. The highest BCUT2D eigenvalue weighted by Gasteiger charge is 2.11. The minimum absolute atomic E-state index is 0.135. The fourth-order valence-corrected chi connectivity index (χ4v) is 3.59. The van der Waals surface area contributed by atoms with Gasteiger partial charge in [0.15, 0.2) is 10.2 Å². The molecule has 0 fully saturated rings. The molecule has 1 heterocycles. The molecule has 0 saturated carbocycles. The molecule has 0 aliphatic rings. The van der Waals surface area contributed by atoms with Gasteiger partial charge in [-0.1, -0.05) is 46.1 Å². The van der Waals surface area contributed by atoms with E-state index < -0.39 is 5.91 Å². The van der Waals surface area contributed by atoms with E-state index in [1.165, 1.54) is 17.4 Å². The van der Waals surface area contributed by atoms with E-state index >= 15 is 0 Å². The summed E-state index contributed by atoms with van der Waals surface area (Å²) in [4.78, 5) is 16.5. The quantitative estimate of drug-likeness (QED) is 0.550. The van der Waals surface area contributed by atoms with Crippen molar-refractivity contribution in [2.45, 2.75) is 0 Å². The highest BCUT2D eigenvalue weighted by Crippen LogP contribution is 2.28. The second kappa shape index (κ2) is 7.21. The molecule has 0 bridgehead atoms. The molecule has 0 aliphatic carbocycles. The predicted octanol–water partition coefficient (Wildman–Crippen LogP) is 5.38. The third kappa shape index (κ3) is 3.96. The predicted molar refractivity (Wildman–Crippen MR) is 105 cm³/mol. The number of halogens is 3. The molecule has 24 heavy (non-hydrogen) atoms. The Balaban J connectivity index is 1.69. The Hall–Kier alpha value is -1.44. The van der Waals surface area contributed by atoms with Crippen LogP contribution >= 0.6 is 58.4 Å². The van der Waals surface area contributed by atoms with E-state index in [1.807, 2.05) is 12.1 Å². The van der Waals surface area contributed by atoms with Gasteiger partial charge in [-0.15, -0.1) is 0 Å². The first kappa shape index (κ1) is 17.4. The first-order valence-electron chi connectivity index (χ1n) is 6.56. The number of amides is 1. The van der Waals surface area contributed by atoms with Crippen LogP contribution in [0.2, 0.25) is 15.1 Å². The first-order chi connectivity index (χ1) is 11.4. The molecule has 0 aliphatic heterocycles. The highest BCUT2D eigenvalue weighted by molar-refractivity contribution is 7.80. The van der Waals surface area contributed by atoms with Crippen LogP contribution in [-0.4, -0.2) is 16.0 Å². The Morgan fingerprint density at radius 2 is 1.88 bits per heavy atom. The molecular weight excluding hydrogens is 409 g/mol. The molecule has 1 amide bonds. The van der Waals surface area contributed by atoms with Crippen LogP contribution in [0, 0.1) is 0 Å². The molecule has 0 radical (unpaired) electrons. The minimum Gasteiger partial charge on any atom is -0.308 e. The van der Waals surface area contributed by atoms with E-state index in [0.29, 0.717) is 25.8 Å². The van der Waals surface area contributed by atoms with Crippen LogP contribution in [0.4, 0.5) is 5.13 Å². The highest BCUT2D eigenvalue weighted by atomic mass is 35.5. The molecule has 2 aromatic carbocycles. The van der Waals surface area contributed by atoms with Crippen LogP contribution in [-0.2, 0) is 0 Å². The Labute approximate surface area is 161 Å². The molecule has 2 N–H and O–H groups in total. The van der Waals surface area contributed by atoms with Gasteiger partial charge in [-0.3, -0.25) is 10.1 Å². The first-order valence-corrected chi connectivity index (χ1v) is 8.92. The Bertz CT molecular complexity index is 958. The number of fused-ring (bicyclic) bond motifs is 1. The van der Waals surface area contributed by atoms with Crippen LogP contribution in [0.3, 0.4) is 0 Å². The lowest BCUT2D eigenvalue weighted by atomic mass is 10.2. The van der Waals surface area contributed by atoms with Crippen molar-refractivity contribution in [3.8, 4) is 0 Å². The summed E-state index contributed by atoms with van der Waals surface area (Å²) >= 11 is 24.2. The Morgan fingerprint density at radius 1 is 1.08 bits per heavy atom. The van der Waals surface area contributed by atoms with Crippen molar-refractivity contribution in [2.75, 3.05) is 5.32 Å². The van der Waals surface area contributed by atoms with E-state index in [2.05, 4.69) is 15.6 Å². The summed E-state index contributed by atoms with van der Waals surface area (Å²) in [5, 5.41) is 7.45. The zero-order chi connectivity index (χ0) is 17.3. The number of hydrogen-bond donors (Lipinski definition) is 2. The number of anilines is 1. The molecule has 122 valence electrons. The minimum atomic E-state index is -0.393. The monoisotopic (exact) mass is 415 g/mol. The average Bonchev–Trinajstić information content (AvgIpc) is 2.90. The second-order valence-corrected chi connectivity index (χ2v) is 7.36. The van der Waals surface area contributed by atoms with Gasteiger partial charge in [0.2, 0.25) is 0 Å². The van der Waals surface area contributed by atoms with E-state index in [-0.39, 0.29) is 5.11 Å². The topological polar surface area (TPSA) is 54.0 Å². The zero-order valence-corrected chi connectivity index (χ0v) is 15.7. The molecule has 9 heteroatoms. The third-order valence-corrected chi connectivity index (χ3v) is 5.09. The van der Waals surface area contributed by atoms with Crippen molar-refractivity contribution in [3.63, 3.8) is 0 Å². The summed E-state index contributed by atoms with van der Waals surface area (Å²) in [5.74, 6) is -0.393. The van der Waals surface area contributed by atoms with Gasteiger partial charge in [-0.2, -0.15) is 0 Å². The number of rotatable bonds is 2. The summed E-state index contributed by atoms with van der Waals surface area (Å²) in [6.07, 6.45) is 0. The lowest BCUT2D eigenvalue weighted by Gasteiger charge is -2.07. The number of benzene rings is 2. The number of nitrogens with one attached hydrogen (secondary N) is 2. The number of thiazole rings is 1. The summed E-state index contributed by atoms with van der Waals surface area (Å²) in [6.45, 7) is 0. The van der Waals surface area contributed by atoms with Crippen molar-refractivity contribution < 1.29 is 4.79 Å². The Morgan fingerprint density at radius 3 is 2.62 bits per heavy atom. The van der Waals surface area contributed by atoms with Crippen molar-refractivity contribution in [2.24, 2.45) is 0 Å². The van der Waals surface area contributed by atoms with Gasteiger partial charge in [-0.25, -0.2) is 4.98 Å². The number of thiocarbonyl (C=S) groups is 1. The maximum absolute atomic E-state index is 12.2. The maximum Gasteiger partial charge on any atom is 0.257 e. The molecule has 3 aromatic rings. The standard InChI is InChI=1S/C15H8Cl3N3OS2/c16-8-2-4-11-12(6-8)24-15(19-11)21-14(23)20-13(22)7-1-3-9(17)10(18)5-7/h1-6H,(H2,19,20,21,22,23). The molecule has 3 rings (SSSR count). The van der Waals surface area contributed by atoms with Crippen molar-refractivity contribution in [3.05, 3.63) is 57.0 Å². The SMILES string of the molecule is O=C(NC(=S)Nc1nc2ccc(Cl)cc2s1)c1ccc(Cl)c(Cl)c1. The van der Waals surface area contributed by atoms with Gasteiger partial charge in [0.1, 0.15) is 0 Å². The van der Waals surface area contributed by atoms with Crippen LogP contribution in [0.1, 0.15) is 10.4 Å². The molecule has 0 spiro atoms. The summed E-state index contributed by atoms with van der Waals surface area (Å²) in [6, 6.07) is 9.98. The summed E-state index contributed by atoms with van der Waals surface area (Å²) < 4.78 is 0.920. The molecular formula is C15H8Cl3N3OS2. The number of hydrogen-bond acceptors (Lipinski definition) is 4. The fraction of sp³-hybridized carbons (Fsp3) is 0. The second-order valence-electron chi connectivity index (χ2n) is 4.67. The van der Waals surface area contributed by atoms with Crippen molar-refractivity contribution in [1.82, 2.24) is 10.3 Å². The summed E-state index contributed by atoms with van der Waals surface area (Å²) in [5.41, 5.74) is 1.15. The largest absolute Gasteiger partial charge is 0.308 e. The maximum atomic E-state index is 12.2. The van der Waals surface area contributed by atoms with Gasteiger partial charge >= 0.3 is 0 Å². The Kier molecular flexibility index (Phi) is 5.22. The van der Waals surface area contributed by atoms with Crippen LogP contribution in [0.15, 0.2) is 36.4 Å². The zero-order valence-electron chi connectivity index (χ0n) is 11.8. The van der Waals surface area contributed by atoms with Crippen LogP contribution < -0.4 is 10.6 Å². The number of carbonyl (C=O) groups excluding carboxylic acids is 1. The molecule has 1 aromatic heterocycles. The molecule has 0 unspecified atom stereocenters. The number of nitrogens with zero attached hydrogens (tertiary/aromatic N) is 1. The van der Waals surface area contributed by atoms with Crippen LogP contribution in [0.5, 0.6) is 0 Å². The van der Waals surface area contributed by atoms with E-state index in [1.54, 1.807) is 18.2 Å². The van der Waals surface area contributed by atoms with E-state index in [0.717, 1.165) is 10.2 Å². The number of carbonyl (C=O) groups is 1. The van der Waals surface area contributed by atoms with Gasteiger partial charge < -0.3 is 5.32 Å². The van der Waals surface area contributed by atoms with Crippen LogP contribution in [0.25, 0.3) is 10.2 Å². The average molecular weight is 417 g/mol. The van der Waals surface area contributed by atoms with Gasteiger partial charge in [0, 0.05) is 10.6 Å². The van der Waals surface area contributed by atoms with Gasteiger partial charge in [-0.05, 0) is 48.6 Å². The fourth-order valence-electron chi connectivity index (χ4n) is 1.89. The van der Waals surface area contributed by atoms with Gasteiger partial charge in [0.05, 0.1) is 20.3 Å².